The lowest BCUT2D eigenvalue weighted by atomic mass is 10.1. The number of benzene rings is 6. The molecule has 364 valence electrons. The zero-order chi connectivity index (χ0) is 50.0. The molecule has 72 heavy (non-hydrogen) atoms. The van der Waals surface area contributed by atoms with Crippen LogP contribution in [0.25, 0.3) is 0 Å². The van der Waals surface area contributed by atoms with Crippen LogP contribution in [0.4, 0.5) is 56.9 Å². The van der Waals surface area contributed by atoms with Crippen LogP contribution in [-0.4, -0.2) is 53.0 Å². The first kappa shape index (κ1) is 51.1. The molecule has 1 amide bonds. The Morgan fingerprint density at radius 1 is 0.472 bits per heavy atom. The quantitative estimate of drug-likeness (QED) is 0.0312. The maximum atomic E-state index is 12.0. The van der Waals surface area contributed by atoms with Gasteiger partial charge >= 0.3 is 5.97 Å². The monoisotopic (exact) mass is 956 g/mol. The summed E-state index contributed by atoms with van der Waals surface area (Å²) in [5.74, 6) is -0.0402. The van der Waals surface area contributed by atoms with Gasteiger partial charge in [0.1, 0.15) is 0 Å². The first-order valence-electron chi connectivity index (χ1n) is 24.3. The molecule has 9 rings (SSSR count). The molecule has 0 saturated carbocycles. The summed E-state index contributed by atoms with van der Waals surface area (Å²) in [7, 11) is 0. The third kappa shape index (κ3) is 18.3. The Morgan fingerprint density at radius 3 is 1.28 bits per heavy atom. The summed E-state index contributed by atoms with van der Waals surface area (Å²) in [5.41, 5.74) is 18.3. The standard InChI is InChI=1S/C30H30N4O2.C24H20N4.C6H10O2/c35-22-6-2-5-9-30(36)34-29-20-18-28(19-21-29)33-27-16-14-26(15-17-27)32-25-12-10-24(11-13-25)31-23-7-3-1-4-8-23;25-18-6-8-20(9-7-18)27-22-14-16-24(17-15-22)28-23-12-10-21(11-13-23)26-19-4-2-1-3-5-19;7-6-4-2-1-3-5-8-6/h1,3-4,7-8,10-21,31,35H,2,5-6,9,22H2,(H,34,36);1-17,26H,25H2;1-5H2. The van der Waals surface area contributed by atoms with Crippen LogP contribution >= 0.6 is 0 Å². The SMILES string of the molecule is Nc1ccc(N=C2C=CC(=Nc3ccc(Nc4ccccc4)cc3)C=C2)cc1.O=C(CCCCCO)Nc1ccc(N=C2C=CC(=Nc3ccc(Nc4ccccc4)cc3)C=C2)cc1.O=C1CCCCCO1. The summed E-state index contributed by atoms with van der Waals surface area (Å²) in [6.45, 7) is 0.810. The van der Waals surface area contributed by atoms with Crippen LogP contribution < -0.4 is 21.7 Å². The van der Waals surface area contributed by atoms with Gasteiger partial charge in [0, 0.05) is 53.6 Å². The molecule has 0 atom stereocenters. The highest BCUT2D eigenvalue weighted by molar-refractivity contribution is 6.20. The molecule has 1 saturated heterocycles. The Balaban J connectivity index is 0.000000187. The van der Waals surface area contributed by atoms with Crippen LogP contribution in [-0.2, 0) is 14.3 Å². The number of aliphatic hydroxyl groups excluding tert-OH is 1. The Morgan fingerprint density at radius 2 is 0.861 bits per heavy atom. The smallest absolute Gasteiger partial charge is 0.305 e. The number of carbonyl (C=O) groups is 2. The highest BCUT2D eigenvalue weighted by Crippen LogP contribution is 2.24. The number of esters is 1. The van der Waals surface area contributed by atoms with Gasteiger partial charge in [0.25, 0.3) is 0 Å². The van der Waals surface area contributed by atoms with E-state index in [4.69, 9.17) is 15.6 Å². The van der Waals surface area contributed by atoms with E-state index in [0.717, 1.165) is 118 Å². The number of amides is 1. The molecule has 1 fully saturated rings. The molecule has 0 spiro atoms. The molecule has 0 radical (unpaired) electrons. The van der Waals surface area contributed by atoms with Gasteiger partial charge in [-0.05, 0) is 202 Å². The molecular formula is C60H60N8O4. The van der Waals surface area contributed by atoms with Crippen molar-refractivity contribution in [1.29, 1.82) is 0 Å². The zero-order valence-corrected chi connectivity index (χ0v) is 40.2. The van der Waals surface area contributed by atoms with Crippen molar-refractivity contribution in [3.05, 3.63) is 206 Å². The zero-order valence-electron chi connectivity index (χ0n) is 40.2. The third-order valence-electron chi connectivity index (χ3n) is 11.0. The number of hydrogen-bond donors (Lipinski definition) is 5. The van der Waals surface area contributed by atoms with Gasteiger partial charge < -0.3 is 31.5 Å². The van der Waals surface area contributed by atoms with Crippen molar-refractivity contribution in [2.45, 2.75) is 51.4 Å². The maximum absolute atomic E-state index is 12.0. The molecule has 6 N–H and O–H groups in total. The highest BCUT2D eigenvalue weighted by atomic mass is 16.5. The van der Waals surface area contributed by atoms with Crippen LogP contribution in [0.3, 0.4) is 0 Å². The normalized spacial score (nSPS) is 13.5. The fourth-order valence-electron chi connectivity index (χ4n) is 7.19. The summed E-state index contributed by atoms with van der Waals surface area (Å²) < 4.78 is 4.76. The second-order valence-corrected chi connectivity index (χ2v) is 16.8. The lowest BCUT2D eigenvalue weighted by Crippen LogP contribution is -2.10. The van der Waals surface area contributed by atoms with Crippen molar-refractivity contribution >= 4 is 91.6 Å². The average molecular weight is 957 g/mol. The van der Waals surface area contributed by atoms with Crippen molar-refractivity contribution < 1.29 is 19.4 Å². The van der Waals surface area contributed by atoms with E-state index in [1.54, 1.807) is 0 Å². The van der Waals surface area contributed by atoms with E-state index in [-0.39, 0.29) is 18.5 Å². The van der Waals surface area contributed by atoms with Crippen LogP contribution in [0.5, 0.6) is 0 Å². The van der Waals surface area contributed by atoms with Gasteiger partial charge in [-0.1, -0.05) is 42.8 Å². The summed E-state index contributed by atoms with van der Waals surface area (Å²) in [6, 6.07) is 51.1. The minimum Gasteiger partial charge on any atom is -0.466 e. The highest BCUT2D eigenvalue weighted by Gasteiger charge is 2.07. The van der Waals surface area contributed by atoms with Crippen LogP contribution in [0.2, 0.25) is 0 Å². The number of nitrogens with one attached hydrogen (secondary N) is 3. The lowest BCUT2D eigenvalue weighted by molar-refractivity contribution is -0.142. The van der Waals surface area contributed by atoms with Gasteiger partial charge in [-0.3, -0.25) is 9.59 Å². The number of anilines is 6. The molecule has 12 nitrogen and oxygen atoms in total. The molecule has 6 aromatic carbocycles. The summed E-state index contributed by atoms with van der Waals surface area (Å²) >= 11 is 0. The molecule has 2 aliphatic carbocycles. The maximum Gasteiger partial charge on any atom is 0.305 e. The lowest BCUT2D eigenvalue weighted by Gasteiger charge is -2.07. The topological polar surface area (TPSA) is 175 Å². The number of nitrogen functional groups attached to an aromatic ring is 1. The van der Waals surface area contributed by atoms with E-state index in [9.17, 15) is 9.59 Å². The van der Waals surface area contributed by atoms with E-state index in [2.05, 4.69) is 35.9 Å². The first-order valence-corrected chi connectivity index (χ1v) is 24.3. The number of aliphatic imine (C=N–C) groups is 4. The van der Waals surface area contributed by atoms with E-state index >= 15 is 0 Å². The van der Waals surface area contributed by atoms with Gasteiger partial charge in [-0.2, -0.15) is 0 Å². The summed E-state index contributed by atoms with van der Waals surface area (Å²) in [4.78, 5) is 41.0. The minimum atomic E-state index is -0.0255. The predicted octanol–water partition coefficient (Wildman–Crippen LogP) is 14.0. The number of allylic oxidation sites excluding steroid dienone is 8. The first-order chi connectivity index (χ1) is 35.3. The van der Waals surface area contributed by atoms with Crippen molar-refractivity contribution in [3.8, 4) is 0 Å². The van der Waals surface area contributed by atoms with Crippen molar-refractivity contribution in [3.63, 3.8) is 0 Å². The second kappa shape index (κ2) is 28.1. The number of cyclic esters (lactones) is 1. The van der Waals surface area contributed by atoms with Gasteiger partial charge in [-0.15, -0.1) is 0 Å². The largest absolute Gasteiger partial charge is 0.466 e. The van der Waals surface area contributed by atoms with Gasteiger partial charge in [0.2, 0.25) is 5.91 Å². The molecule has 0 unspecified atom stereocenters. The van der Waals surface area contributed by atoms with Gasteiger partial charge in [0.05, 0.1) is 52.2 Å². The Labute approximate surface area is 422 Å². The molecule has 1 aliphatic heterocycles. The fourth-order valence-corrected chi connectivity index (χ4v) is 7.19. The van der Waals surface area contributed by atoms with Crippen molar-refractivity contribution in [2.24, 2.45) is 20.0 Å². The van der Waals surface area contributed by atoms with Crippen LogP contribution in [0.15, 0.2) is 226 Å². The summed E-state index contributed by atoms with van der Waals surface area (Å²) in [6.07, 6.45) is 22.3. The van der Waals surface area contributed by atoms with Crippen molar-refractivity contribution in [1.82, 2.24) is 0 Å². The number of rotatable bonds is 14. The predicted molar refractivity (Wildman–Crippen MR) is 298 cm³/mol. The summed E-state index contributed by atoms with van der Waals surface area (Å²) in [5, 5.41) is 18.4. The molecule has 0 bridgehead atoms. The Bertz CT molecular complexity index is 2880. The van der Waals surface area contributed by atoms with E-state index in [1.807, 2.05) is 206 Å². The molecule has 0 aromatic heterocycles. The van der Waals surface area contributed by atoms with Crippen molar-refractivity contribution in [2.75, 3.05) is 34.9 Å². The van der Waals surface area contributed by atoms with Gasteiger partial charge in [-0.25, -0.2) is 20.0 Å². The van der Waals surface area contributed by atoms with E-state index in [0.29, 0.717) is 19.4 Å². The van der Waals surface area contributed by atoms with Crippen LogP contribution in [0.1, 0.15) is 51.4 Å². The third-order valence-corrected chi connectivity index (χ3v) is 11.0. The molecule has 1 heterocycles. The molecule has 12 heteroatoms. The molecular weight excluding hydrogens is 897 g/mol. The number of nitrogens with two attached hydrogens (primary N) is 1. The Hall–Kier alpha value is -8.74. The number of carbonyl (C=O) groups excluding carboxylic acids is 2. The second-order valence-electron chi connectivity index (χ2n) is 16.8. The number of para-hydroxylation sites is 2. The number of nitrogens with zero attached hydrogens (tertiary/aromatic N) is 4. The van der Waals surface area contributed by atoms with Gasteiger partial charge in [0.15, 0.2) is 0 Å². The number of hydrogen-bond acceptors (Lipinski definition) is 11. The van der Waals surface area contributed by atoms with E-state index < -0.39 is 0 Å². The van der Waals surface area contributed by atoms with Crippen LogP contribution in [0, 0.1) is 0 Å². The Kier molecular flexibility index (Phi) is 19.9. The number of ether oxygens (including phenoxy) is 1. The van der Waals surface area contributed by atoms with E-state index in [1.165, 1.54) is 0 Å². The minimum absolute atomic E-state index is 0.0148. The number of unbranched alkanes of at least 4 members (excludes halogenated alkanes) is 2. The molecule has 6 aromatic rings. The fraction of sp³-hybridized carbons (Fsp3) is 0.167. The average Bonchev–Trinajstić information content (AvgIpc) is 3.67. The molecule has 3 aliphatic rings. The number of aliphatic hydroxyl groups is 1.